The Morgan fingerprint density at radius 2 is 1.78 bits per heavy atom. The van der Waals surface area contributed by atoms with E-state index in [0.29, 0.717) is 12.6 Å². The van der Waals surface area contributed by atoms with Gasteiger partial charge in [0.05, 0.1) is 12.1 Å². The zero-order valence-electron chi connectivity index (χ0n) is 15.7. The Kier molecular flexibility index (Phi) is 5.32. The van der Waals surface area contributed by atoms with Crippen molar-refractivity contribution in [2.75, 3.05) is 31.6 Å². The summed E-state index contributed by atoms with van der Waals surface area (Å²) in [4.78, 5) is 11.2. The Bertz CT molecular complexity index is 904. The van der Waals surface area contributed by atoms with Crippen molar-refractivity contribution in [3.63, 3.8) is 0 Å². The quantitative estimate of drug-likeness (QED) is 0.697. The van der Waals surface area contributed by atoms with E-state index in [0.717, 1.165) is 22.3 Å². The molecule has 2 heterocycles. The number of likely N-dealkylation sites (tertiary alicyclic amines) is 1. The molecule has 0 bridgehead atoms. The first-order valence-electron chi connectivity index (χ1n) is 9.70. The molecule has 0 amide bonds. The summed E-state index contributed by atoms with van der Waals surface area (Å²) in [5.41, 5.74) is 4.60. The van der Waals surface area contributed by atoms with E-state index in [1.54, 1.807) is 6.33 Å². The van der Waals surface area contributed by atoms with Gasteiger partial charge < -0.3 is 10.4 Å². The number of aliphatic hydroxyl groups excluding tert-OH is 1. The molecule has 1 atom stereocenters. The largest absolute Gasteiger partial charge is 0.395 e. The van der Waals surface area contributed by atoms with Crippen molar-refractivity contribution in [2.24, 2.45) is 0 Å². The molecule has 1 fully saturated rings. The van der Waals surface area contributed by atoms with Gasteiger partial charge in [-0.25, -0.2) is 9.97 Å². The topological polar surface area (TPSA) is 61.3 Å². The summed E-state index contributed by atoms with van der Waals surface area (Å²) >= 11 is 0. The molecule has 140 valence electrons. The van der Waals surface area contributed by atoms with Crippen molar-refractivity contribution >= 4 is 16.7 Å². The summed E-state index contributed by atoms with van der Waals surface area (Å²) in [6.45, 7) is 5.25. The zero-order chi connectivity index (χ0) is 18.6. The van der Waals surface area contributed by atoms with Gasteiger partial charge in [0.25, 0.3) is 0 Å². The first-order chi connectivity index (χ1) is 13.3. The summed E-state index contributed by atoms with van der Waals surface area (Å²) in [7, 11) is 0. The fourth-order valence-electron chi connectivity index (χ4n) is 3.85. The number of nitrogens with one attached hydrogen (secondary N) is 1. The Morgan fingerprint density at radius 3 is 2.52 bits per heavy atom. The second-order valence-corrected chi connectivity index (χ2v) is 7.15. The third kappa shape index (κ3) is 3.80. The van der Waals surface area contributed by atoms with E-state index in [1.807, 2.05) is 6.07 Å². The van der Waals surface area contributed by atoms with Gasteiger partial charge in [-0.1, -0.05) is 30.3 Å². The maximum atomic E-state index is 9.07. The summed E-state index contributed by atoms with van der Waals surface area (Å²) in [5.74, 6) is 0.759. The van der Waals surface area contributed by atoms with Crippen LogP contribution in [0.4, 0.5) is 5.82 Å². The predicted octanol–water partition coefficient (Wildman–Crippen LogP) is 3.86. The van der Waals surface area contributed by atoms with Crippen LogP contribution in [0.5, 0.6) is 0 Å². The molecular weight excluding hydrogens is 336 g/mol. The highest BCUT2D eigenvalue weighted by atomic mass is 16.3. The van der Waals surface area contributed by atoms with Crippen molar-refractivity contribution in [2.45, 2.75) is 25.8 Å². The second kappa shape index (κ2) is 8.03. The Hall–Kier alpha value is -2.50. The van der Waals surface area contributed by atoms with Crippen LogP contribution in [0.3, 0.4) is 0 Å². The monoisotopic (exact) mass is 362 g/mol. The van der Waals surface area contributed by atoms with Gasteiger partial charge in [-0.05, 0) is 61.7 Å². The van der Waals surface area contributed by atoms with E-state index in [1.165, 1.54) is 37.1 Å². The summed E-state index contributed by atoms with van der Waals surface area (Å²) in [5, 5.41) is 13.2. The molecule has 5 nitrogen and oxygen atoms in total. The molecular formula is C22H26N4O. The number of hydrogen-bond donors (Lipinski definition) is 2. The molecule has 0 aliphatic carbocycles. The zero-order valence-corrected chi connectivity index (χ0v) is 15.7. The molecule has 0 radical (unpaired) electrons. The Morgan fingerprint density at radius 1 is 1.04 bits per heavy atom. The number of benzene rings is 2. The van der Waals surface area contributed by atoms with Crippen LogP contribution in [0.1, 0.15) is 31.4 Å². The van der Waals surface area contributed by atoms with E-state index >= 15 is 0 Å². The molecule has 5 heteroatoms. The summed E-state index contributed by atoms with van der Waals surface area (Å²) in [6, 6.07) is 15.6. The van der Waals surface area contributed by atoms with Crippen LogP contribution in [0, 0.1) is 0 Å². The Labute approximate surface area is 160 Å². The van der Waals surface area contributed by atoms with Gasteiger partial charge in [0, 0.05) is 18.0 Å². The van der Waals surface area contributed by atoms with Crippen molar-refractivity contribution < 1.29 is 5.11 Å². The Balaban J connectivity index is 1.61. The van der Waals surface area contributed by atoms with Crippen LogP contribution >= 0.6 is 0 Å². The van der Waals surface area contributed by atoms with Crippen molar-refractivity contribution in [3.05, 3.63) is 54.4 Å². The summed E-state index contributed by atoms with van der Waals surface area (Å²) < 4.78 is 0. The van der Waals surface area contributed by atoms with Gasteiger partial charge in [0.15, 0.2) is 0 Å². The average Bonchev–Trinajstić information content (AvgIpc) is 3.26. The van der Waals surface area contributed by atoms with Crippen LogP contribution in [-0.4, -0.2) is 46.2 Å². The summed E-state index contributed by atoms with van der Waals surface area (Å²) in [6.07, 6.45) is 4.18. The molecule has 0 unspecified atom stereocenters. The standard InChI is InChI=1S/C22H26N4O/c1-16(26-11-2-3-12-26)17-4-6-18(7-5-17)19-8-9-21-20(14-19)22(23-10-13-27)25-15-24-21/h4-9,14-16,27H,2-3,10-13H2,1H3,(H,23,24,25)/t16-/m0/s1. The predicted molar refractivity (Wildman–Crippen MR) is 110 cm³/mol. The molecule has 0 spiro atoms. The van der Waals surface area contributed by atoms with Crippen LogP contribution in [0.2, 0.25) is 0 Å². The van der Waals surface area contributed by atoms with E-state index in [9.17, 15) is 0 Å². The molecule has 1 aliphatic heterocycles. The molecule has 2 N–H and O–H groups in total. The first kappa shape index (κ1) is 17.9. The van der Waals surface area contributed by atoms with E-state index in [4.69, 9.17) is 5.11 Å². The van der Waals surface area contributed by atoms with Gasteiger partial charge in [-0.3, -0.25) is 4.90 Å². The van der Waals surface area contributed by atoms with Gasteiger partial charge in [-0.15, -0.1) is 0 Å². The number of fused-ring (bicyclic) bond motifs is 1. The lowest BCUT2D eigenvalue weighted by Gasteiger charge is -2.24. The highest BCUT2D eigenvalue weighted by Gasteiger charge is 2.19. The van der Waals surface area contributed by atoms with Crippen LogP contribution in [0.15, 0.2) is 48.8 Å². The van der Waals surface area contributed by atoms with E-state index in [-0.39, 0.29) is 6.61 Å². The van der Waals surface area contributed by atoms with Crippen LogP contribution in [-0.2, 0) is 0 Å². The van der Waals surface area contributed by atoms with E-state index in [2.05, 4.69) is 63.5 Å². The molecule has 4 rings (SSSR count). The second-order valence-electron chi connectivity index (χ2n) is 7.15. The lowest BCUT2D eigenvalue weighted by molar-refractivity contribution is 0.263. The molecule has 0 saturated carbocycles. The van der Waals surface area contributed by atoms with Crippen molar-refractivity contribution in [3.8, 4) is 11.1 Å². The number of aliphatic hydroxyl groups is 1. The van der Waals surface area contributed by atoms with Gasteiger partial charge >= 0.3 is 0 Å². The fraction of sp³-hybridized carbons (Fsp3) is 0.364. The number of anilines is 1. The lowest BCUT2D eigenvalue weighted by Crippen LogP contribution is -2.23. The van der Waals surface area contributed by atoms with Crippen molar-refractivity contribution in [1.82, 2.24) is 14.9 Å². The SMILES string of the molecule is C[C@@H](c1ccc(-c2ccc3ncnc(NCCO)c3c2)cc1)N1CCCC1. The van der Waals surface area contributed by atoms with Crippen molar-refractivity contribution in [1.29, 1.82) is 0 Å². The fourth-order valence-corrected chi connectivity index (χ4v) is 3.85. The first-order valence-corrected chi connectivity index (χ1v) is 9.70. The van der Waals surface area contributed by atoms with Gasteiger partial charge in [0.1, 0.15) is 12.1 Å². The third-order valence-corrected chi connectivity index (χ3v) is 5.45. The molecule has 1 saturated heterocycles. The smallest absolute Gasteiger partial charge is 0.137 e. The third-order valence-electron chi connectivity index (χ3n) is 5.45. The maximum Gasteiger partial charge on any atom is 0.137 e. The van der Waals surface area contributed by atoms with Crippen LogP contribution < -0.4 is 5.32 Å². The minimum atomic E-state index is 0.0713. The number of rotatable bonds is 6. The minimum Gasteiger partial charge on any atom is -0.395 e. The highest BCUT2D eigenvalue weighted by molar-refractivity contribution is 5.92. The normalized spacial score (nSPS) is 15.9. The molecule has 2 aromatic carbocycles. The average molecular weight is 362 g/mol. The maximum absolute atomic E-state index is 9.07. The lowest BCUT2D eigenvalue weighted by atomic mass is 9.99. The van der Waals surface area contributed by atoms with E-state index < -0.39 is 0 Å². The molecule has 1 aromatic heterocycles. The molecule has 1 aliphatic rings. The number of nitrogens with zero attached hydrogens (tertiary/aromatic N) is 3. The van der Waals surface area contributed by atoms with Gasteiger partial charge in [-0.2, -0.15) is 0 Å². The highest BCUT2D eigenvalue weighted by Crippen LogP contribution is 2.29. The number of aromatic nitrogens is 2. The van der Waals surface area contributed by atoms with Gasteiger partial charge in [0.2, 0.25) is 0 Å². The molecule has 3 aromatic rings. The molecule has 27 heavy (non-hydrogen) atoms. The van der Waals surface area contributed by atoms with Crippen LogP contribution in [0.25, 0.3) is 22.0 Å². The number of hydrogen-bond acceptors (Lipinski definition) is 5. The minimum absolute atomic E-state index is 0.0713.